The molecule has 2 N–H and O–H groups in total. The van der Waals surface area contributed by atoms with Crippen LogP contribution in [-0.2, 0) is 4.79 Å². The number of aryl methyl sites for hydroxylation is 2. The highest BCUT2D eigenvalue weighted by atomic mass is 16.5. The summed E-state index contributed by atoms with van der Waals surface area (Å²) in [4.78, 5) is 29.6. The number of fused-ring (bicyclic) bond motifs is 1. The number of carbonyl (C=O) groups is 2. The molecule has 0 aliphatic heterocycles. The second-order valence-electron chi connectivity index (χ2n) is 7.40. The van der Waals surface area contributed by atoms with E-state index in [2.05, 4.69) is 15.8 Å². The van der Waals surface area contributed by atoms with Crippen LogP contribution >= 0.6 is 0 Å². The van der Waals surface area contributed by atoms with Gasteiger partial charge in [0.2, 0.25) is 0 Å². The summed E-state index contributed by atoms with van der Waals surface area (Å²) in [6.07, 6.45) is 2.19. The largest absolute Gasteiger partial charge is 0.483 e. The summed E-state index contributed by atoms with van der Waals surface area (Å²) in [7, 11) is 0. The van der Waals surface area contributed by atoms with Gasteiger partial charge in [-0.25, -0.2) is 0 Å². The number of rotatable bonds is 5. The number of carbonyl (C=O) groups excluding carboxylic acids is 2. The minimum Gasteiger partial charge on any atom is -0.483 e. The standard InChI is InChI=1S/C23H23N3O3/c1-14-6-5-7-15(2)22(14)29-13-21(27)25-26-23(28)18-12-20(16-10-11-16)24-19-9-4-3-8-17(18)19/h3-9,12,16H,10-11,13H2,1-2H3,(H,25,27)(H,26,28). The van der Waals surface area contributed by atoms with Crippen molar-refractivity contribution in [1.82, 2.24) is 15.8 Å². The number of hydrogen-bond donors (Lipinski definition) is 2. The van der Waals surface area contributed by atoms with E-state index in [4.69, 9.17) is 4.74 Å². The van der Waals surface area contributed by atoms with Crippen LogP contribution in [0.15, 0.2) is 48.5 Å². The molecule has 29 heavy (non-hydrogen) atoms. The van der Waals surface area contributed by atoms with E-state index < -0.39 is 5.91 Å². The molecule has 0 bridgehead atoms. The van der Waals surface area contributed by atoms with Crippen molar-refractivity contribution in [3.8, 4) is 5.75 Å². The molecule has 6 nitrogen and oxygen atoms in total. The first-order chi connectivity index (χ1) is 14.0. The van der Waals surface area contributed by atoms with Crippen molar-refractivity contribution in [1.29, 1.82) is 0 Å². The normalized spacial score (nSPS) is 13.2. The van der Waals surface area contributed by atoms with Crippen LogP contribution in [0.2, 0.25) is 0 Å². The van der Waals surface area contributed by atoms with Crippen molar-refractivity contribution in [2.45, 2.75) is 32.6 Å². The predicted molar refractivity (Wildman–Crippen MR) is 111 cm³/mol. The van der Waals surface area contributed by atoms with E-state index in [-0.39, 0.29) is 12.5 Å². The molecule has 1 aliphatic rings. The van der Waals surface area contributed by atoms with Gasteiger partial charge in [0.1, 0.15) is 5.75 Å². The van der Waals surface area contributed by atoms with Crippen molar-refractivity contribution >= 4 is 22.7 Å². The van der Waals surface area contributed by atoms with Crippen molar-refractivity contribution in [3.63, 3.8) is 0 Å². The summed E-state index contributed by atoms with van der Waals surface area (Å²) in [6.45, 7) is 3.67. The predicted octanol–water partition coefficient (Wildman–Crippen LogP) is 3.57. The summed E-state index contributed by atoms with van der Waals surface area (Å²) < 4.78 is 5.62. The summed E-state index contributed by atoms with van der Waals surface area (Å²) in [5, 5.41) is 0.760. The van der Waals surface area contributed by atoms with Crippen LogP contribution in [0, 0.1) is 13.8 Å². The molecule has 6 heteroatoms. The molecule has 1 fully saturated rings. The van der Waals surface area contributed by atoms with Crippen molar-refractivity contribution in [2.24, 2.45) is 0 Å². The first kappa shape index (κ1) is 18.9. The van der Waals surface area contributed by atoms with Gasteiger partial charge in [0.15, 0.2) is 6.61 Å². The third-order valence-corrected chi connectivity index (χ3v) is 5.05. The van der Waals surface area contributed by atoms with Gasteiger partial charge >= 0.3 is 0 Å². The highest BCUT2D eigenvalue weighted by Gasteiger charge is 2.27. The fourth-order valence-corrected chi connectivity index (χ4v) is 3.37. The van der Waals surface area contributed by atoms with Crippen LogP contribution in [0.25, 0.3) is 10.9 Å². The second kappa shape index (κ2) is 7.91. The van der Waals surface area contributed by atoms with Gasteiger partial charge < -0.3 is 4.74 Å². The average Bonchev–Trinajstić information content (AvgIpc) is 3.56. The van der Waals surface area contributed by atoms with E-state index in [1.165, 1.54) is 0 Å². The van der Waals surface area contributed by atoms with Crippen LogP contribution in [0.4, 0.5) is 0 Å². The fourth-order valence-electron chi connectivity index (χ4n) is 3.37. The Balaban J connectivity index is 1.42. The van der Waals surface area contributed by atoms with E-state index in [0.717, 1.165) is 40.6 Å². The molecule has 4 rings (SSSR count). The monoisotopic (exact) mass is 389 g/mol. The Bertz CT molecular complexity index is 1070. The number of pyridine rings is 1. The zero-order valence-corrected chi connectivity index (χ0v) is 16.5. The fraction of sp³-hybridized carbons (Fsp3) is 0.261. The molecule has 2 aromatic carbocycles. The number of hydrogen-bond acceptors (Lipinski definition) is 4. The third-order valence-electron chi connectivity index (χ3n) is 5.05. The van der Waals surface area contributed by atoms with Crippen LogP contribution in [0.5, 0.6) is 5.75 Å². The third kappa shape index (κ3) is 4.21. The zero-order chi connectivity index (χ0) is 20.4. The van der Waals surface area contributed by atoms with Gasteiger partial charge in [0, 0.05) is 17.0 Å². The van der Waals surface area contributed by atoms with Gasteiger partial charge in [-0.3, -0.25) is 25.4 Å². The molecule has 1 aliphatic carbocycles. The Morgan fingerprint density at radius 3 is 2.48 bits per heavy atom. The quantitative estimate of drug-likeness (QED) is 0.654. The Morgan fingerprint density at radius 2 is 1.76 bits per heavy atom. The number of nitrogens with one attached hydrogen (secondary N) is 2. The van der Waals surface area contributed by atoms with Crippen molar-refractivity contribution < 1.29 is 14.3 Å². The van der Waals surface area contributed by atoms with Gasteiger partial charge in [-0.1, -0.05) is 36.4 Å². The number of ether oxygens (including phenoxy) is 1. The number of benzene rings is 2. The van der Waals surface area contributed by atoms with Crippen molar-refractivity contribution in [3.05, 3.63) is 70.9 Å². The SMILES string of the molecule is Cc1cccc(C)c1OCC(=O)NNC(=O)c1cc(C2CC2)nc2ccccc12. The number of amides is 2. The highest BCUT2D eigenvalue weighted by Crippen LogP contribution is 2.40. The molecule has 1 heterocycles. The Kier molecular flexibility index (Phi) is 5.16. The van der Waals surface area contributed by atoms with E-state index in [9.17, 15) is 9.59 Å². The number of hydrazine groups is 1. The van der Waals surface area contributed by atoms with Crippen LogP contribution in [-0.4, -0.2) is 23.4 Å². The molecule has 3 aromatic rings. The molecule has 2 amide bonds. The molecule has 0 saturated heterocycles. The number of nitrogens with zero attached hydrogens (tertiary/aromatic N) is 1. The smallest absolute Gasteiger partial charge is 0.276 e. The van der Waals surface area contributed by atoms with Gasteiger partial charge in [0.05, 0.1) is 11.1 Å². The topological polar surface area (TPSA) is 80.3 Å². The Hall–Kier alpha value is -3.41. The lowest BCUT2D eigenvalue weighted by Crippen LogP contribution is -2.44. The molecule has 0 radical (unpaired) electrons. The lowest BCUT2D eigenvalue weighted by molar-refractivity contribution is -0.123. The molecular weight excluding hydrogens is 366 g/mol. The molecule has 148 valence electrons. The second-order valence-corrected chi connectivity index (χ2v) is 7.40. The van der Waals surface area contributed by atoms with Gasteiger partial charge in [-0.2, -0.15) is 0 Å². The molecule has 1 saturated carbocycles. The molecule has 0 unspecified atom stereocenters. The highest BCUT2D eigenvalue weighted by molar-refractivity contribution is 6.06. The zero-order valence-electron chi connectivity index (χ0n) is 16.5. The van der Waals surface area contributed by atoms with Gasteiger partial charge in [-0.15, -0.1) is 0 Å². The first-order valence-corrected chi connectivity index (χ1v) is 9.71. The van der Waals surface area contributed by atoms with Gasteiger partial charge in [0.25, 0.3) is 11.8 Å². The van der Waals surface area contributed by atoms with E-state index >= 15 is 0 Å². The van der Waals surface area contributed by atoms with E-state index in [1.807, 2.05) is 62.4 Å². The van der Waals surface area contributed by atoms with Crippen LogP contribution in [0.1, 0.15) is 45.9 Å². The summed E-state index contributed by atoms with van der Waals surface area (Å²) in [5.74, 6) is 0.308. The van der Waals surface area contributed by atoms with Crippen LogP contribution in [0.3, 0.4) is 0 Å². The molecule has 0 atom stereocenters. The van der Waals surface area contributed by atoms with Gasteiger partial charge in [-0.05, 0) is 49.9 Å². The molecular formula is C23H23N3O3. The Labute approximate surface area is 169 Å². The number of aromatic nitrogens is 1. The maximum atomic E-state index is 12.7. The summed E-state index contributed by atoms with van der Waals surface area (Å²) in [5.41, 5.74) is 9.07. The van der Waals surface area contributed by atoms with E-state index in [0.29, 0.717) is 17.2 Å². The van der Waals surface area contributed by atoms with E-state index in [1.54, 1.807) is 0 Å². The first-order valence-electron chi connectivity index (χ1n) is 9.71. The maximum Gasteiger partial charge on any atom is 0.276 e. The number of para-hydroxylation sites is 2. The summed E-state index contributed by atoms with van der Waals surface area (Å²) in [6, 6.07) is 15.1. The maximum absolute atomic E-state index is 12.7. The van der Waals surface area contributed by atoms with Crippen LogP contribution < -0.4 is 15.6 Å². The molecule has 1 aromatic heterocycles. The Morgan fingerprint density at radius 1 is 1.03 bits per heavy atom. The minimum atomic E-state index is -0.429. The average molecular weight is 389 g/mol. The minimum absolute atomic E-state index is 0.184. The lowest BCUT2D eigenvalue weighted by atomic mass is 10.1. The van der Waals surface area contributed by atoms with Crippen molar-refractivity contribution in [2.75, 3.05) is 6.61 Å². The lowest BCUT2D eigenvalue weighted by Gasteiger charge is -2.13. The molecule has 0 spiro atoms. The summed E-state index contributed by atoms with van der Waals surface area (Å²) >= 11 is 0.